The molecule has 32 heavy (non-hydrogen) atoms. The van der Waals surface area contributed by atoms with Crippen LogP contribution < -0.4 is 4.72 Å². The van der Waals surface area contributed by atoms with Gasteiger partial charge in [0.2, 0.25) is 10.0 Å². The Labute approximate surface area is 188 Å². The fourth-order valence-corrected chi connectivity index (χ4v) is 4.43. The van der Waals surface area contributed by atoms with Crippen LogP contribution in [0.2, 0.25) is 0 Å². The zero-order valence-electron chi connectivity index (χ0n) is 17.7. The normalized spacial score (nSPS) is 12.8. The quantitative estimate of drug-likeness (QED) is 0.299. The third-order valence-corrected chi connectivity index (χ3v) is 6.60. The molecule has 4 aromatic rings. The van der Waals surface area contributed by atoms with Crippen molar-refractivity contribution in [3.05, 3.63) is 114 Å². The molecule has 0 heterocycles. The zero-order chi connectivity index (χ0) is 22.4. The van der Waals surface area contributed by atoms with Crippen LogP contribution in [0.25, 0.3) is 10.8 Å². The molecule has 0 aliphatic heterocycles. The summed E-state index contributed by atoms with van der Waals surface area (Å²) in [5, 5.41) is 6.37. The van der Waals surface area contributed by atoms with E-state index in [1.54, 1.807) is 30.5 Å². The molecule has 5 nitrogen and oxygen atoms in total. The smallest absolute Gasteiger partial charge is 0.240 e. The van der Waals surface area contributed by atoms with Gasteiger partial charge in [-0.3, -0.25) is 0 Å². The molecule has 1 unspecified atom stereocenters. The lowest BCUT2D eigenvalue weighted by atomic mass is 10.1. The third kappa shape index (κ3) is 5.22. The monoisotopic (exact) mass is 444 g/mol. The number of rotatable bonds is 8. The average Bonchev–Trinajstić information content (AvgIpc) is 2.82. The molecule has 0 aromatic heterocycles. The first-order valence-electron chi connectivity index (χ1n) is 10.3. The lowest BCUT2D eigenvalue weighted by Gasteiger charge is -2.16. The van der Waals surface area contributed by atoms with Gasteiger partial charge in [-0.15, -0.1) is 0 Å². The predicted molar refractivity (Wildman–Crippen MR) is 128 cm³/mol. The van der Waals surface area contributed by atoms with Crippen LogP contribution in [0, 0.1) is 6.92 Å². The summed E-state index contributed by atoms with van der Waals surface area (Å²) in [7, 11) is -3.67. The van der Waals surface area contributed by atoms with Crippen molar-refractivity contribution in [2.45, 2.75) is 17.9 Å². The number of benzene rings is 4. The molecule has 1 N–H and O–H groups in total. The van der Waals surface area contributed by atoms with Gasteiger partial charge in [0.25, 0.3) is 0 Å². The summed E-state index contributed by atoms with van der Waals surface area (Å²) in [6.07, 6.45) is 1.08. The van der Waals surface area contributed by atoms with E-state index in [1.165, 1.54) is 0 Å². The summed E-state index contributed by atoms with van der Waals surface area (Å²) in [5.74, 6) is 0. The minimum absolute atomic E-state index is 0.0487. The number of oxime groups is 1. The Kier molecular flexibility index (Phi) is 6.63. The lowest BCUT2D eigenvalue weighted by molar-refractivity contribution is 0.0634. The SMILES string of the molecule is Cc1ccc(S(=O)(=O)NCC(O/N=C/c2cccc3ccccc23)c2ccccc2)cc1. The Balaban J connectivity index is 1.52. The van der Waals surface area contributed by atoms with Gasteiger partial charge in [-0.25, -0.2) is 13.1 Å². The third-order valence-electron chi connectivity index (χ3n) is 5.16. The van der Waals surface area contributed by atoms with Crippen LogP contribution in [0.15, 0.2) is 107 Å². The van der Waals surface area contributed by atoms with Crippen molar-refractivity contribution in [3.63, 3.8) is 0 Å². The molecule has 0 saturated heterocycles. The molecule has 0 bridgehead atoms. The molecule has 0 radical (unpaired) electrons. The van der Waals surface area contributed by atoms with Crippen molar-refractivity contribution < 1.29 is 13.3 Å². The van der Waals surface area contributed by atoms with Crippen molar-refractivity contribution >= 4 is 27.0 Å². The van der Waals surface area contributed by atoms with Crippen molar-refractivity contribution in [1.82, 2.24) is 4.72 Å². The number of hydrogen-bond acceptors (Lipinski definition) is 4. The Hall–Kier alpha value is -3.48. The van der Waals surface area contributed by atoms with Crippen molar-refractivity contribution in [1.29, 1.82) is 0 Å². The topological polar surface area (TPSA) is 67.8 Å². The van der Waals surface area contributed by atoms with Crippen LogP contribution in [-0.2, 0) is 14.9 Å². The minimum Gasteiger partial charge on any atom is -0.386 e. The van der Waals surface area contributed by atoms with E-state index >= 15 is 0 Å². The van der Waals surface area contributed by atoms with Crippen molar-refractivity contribution in [2.24, 2.45) is 5.16 Å². The highest BCUT2D eigenvalue weighted by Crippen LogP contribution is 2.20. The molecule has 0 saturated carbocycles. The summed E-state index contributed by atoms with van der Waals surface area (Å²) in [6, 6.07) is 30.2. The fourth-order valence-electron chi connectivity index (χ4n) is 3.39. The van der Waals surface area contributed by atoms with Gasteiger partial charge in [-0.1, -0.05) is 95.6 Å². The molecule has 162 valence electrons. The number of fused-ring (bicyclic) bond motifs is 1. The highest BCUT2D eigenvalue weighted by Gasteiger charge is 2.19. The lowest BCUT2D eigenvalue weighted by Crippen LogP contribution is -2.29. The molecular weight excluding hydrogens is 420 g/mol. The van der Waals surface area contributed by atoms with Crippen molar-refractivity contribution in [3.8, 4) is 0 Å². The molecule has 0 aliphatic carbocycles. The van der Waals surface area contributed by atoms with Gasteiger partial charge in [-0.2, -0.15) is 0 Å². The maximum atomic E-state index is 12.7. The number of nitrogens with zero attached hydrogens (tertiary/aromatic N) is 1. The highest BCUT2D eigenvalue weighted by molar-refractivity contribution is 7.89. The predicted octanol–water partition coefficient (Wildman–Crippen LogP) is 5.22. The Morgan fingerprint density at radius 1 is 0.875 bits per heavy atom. The van der Waals surface area contributed by atoms with Crippen LogP contribution in [-0.4, -0.2) is 21.2 Å². The van der Waals surface area contributed by atoms with E-state index < -0.39 is 16.1 Å². The van der Waals surface area contributed by atoms with Gasteiger partial charge >= 0.3 is 0 Å². The van der Waals surface area contributed by atoms with E-state index in [-0.39, 0.29) is 11.4 Å². The Morgan fingerprint density at radius 2 is 1.56 bits per heavy atom. The Bertz CT molecular complexity index is 1310. The van der Waals surface area contributed by atoms with E-state index in [0.29, 0.717) is 0 Å². The maximum absolute atomic E-state index is 12.7. The number of sulfonamides is 1. The standard InChI is InChI=1S/C26H24N2O3S/c1-20-14-16-24(17-15-20)32(29,30)28-19-26(22-9-3-2-4-10-22)31-27-18-23-12-7-11-21-8-5-6-13-25(21)23/h2-18,26,28H,19H2,1H3/b27-18+. The largest absolute Gasteiger partial charge is 0.386 e. The van der Waals surface area contributed by atoms with E-state index in [4.69, 9.17) is 4.84 Å². The highest BCUT2D eigenvalue weighted by atomic mass is 32.2. The van der Waals surface area contributed by atoms with Gasteiger partial charge in [0.15, 0.2) is 6.10 Å². The Morgan fingerprint density at radius 3 is 2.34 bits per heavy atom. The van der Waals surface area contributed by atoms with Gasteiger partial charge < -0.3 is 4.84 Å². The van der Waals surface area contributed by atoms with Gasteiger partial charge in [0, 0.05) is 5.56 Å². The van der Waals surface area contributed by atoms with Crippen LogP contribution in [0.5, 0.6) is 0 Å². The second kappa shape index (κ2) is 9.77. The van der Waals surface area contributed by atoms with Crippen LogP contribution in [0.4, 0.5) is 0 Å². The summed E-state index contributed by atoms with van der Waals surface area (Å²) < 4.78 is 28.1. The van der Waals surface area contributed by atoms with E-state index in [1.807, 2.05) is 79.7 Å². The molecule has 0 spiro atoms. The minimum atomic E-state index is -3.67. The molecule has 4 aromatic carbocycles. The molecule has 0 amide bonds. The average molecular weight is 445 g/mol. The van der Waals surface area contributed by atoms with Gasteiger partial charge in [0.05, 0.1) is 17.7 Å². The summed E-state index contributed by atoms with van der Waals surface area (Å²) >= 11 is 0. The molecule has 0 fully saturated rings. The number of nitrogens with one attached hydrogen (secondary N) is 1. The summed E-state index contributed by atoms with van der Waals surface area (Å²) in [6.45, 7) is 1.96. The van der Waals surface area contributed by atoms with Crippen molar-refractivity contribution in [2.75, 3.05) is 6.54 Å². The van der Waals surface area contributed by atoms with Crippen LogP contribution >= 0.6 is 0 Å². The first-order valence-corrected chi connectivity index (χ1v) is 11.8. The molecule has 1 atom stereocenters. The van der Waals surface area contributed by atoms with E-state index in [2.05, 4.69) is 9.88 Å². The second-order valence-electron chi connectivity index (χ2n) is 7.47. The molecule has 4 rings (SSSR count). The maximum Gasteiger partial charge on any atom is 0.240 e. The zero-order valence-corrected chi connectivity index (χ0v) is 18.5. The van der Waals surface area contributed by atoms with E-state index in [0.717, 1.165) is 27.5 Å². The van der Waals surface area contributed by atoms with Gasteiger partial charge in [0.1, 0.15) is 0 Å². The summed E-state index contributed by atoms with van der Waals surface area (Å²) in [4.78, 5) is 5.99. The van der Waals surface area contributed by atoms with Crippen LogP contribution in [0.1, 0.15) is 22.8 Å². The molecule has 0 aliphatic rings. The summed E-state index contributed by atoms with van der Waals surface area (Å²) in [5.41, 5.74) is 2.75. The molecular formula is C26H24N2O3S. The first-order chi connectivity index (χ1) is 15.5. The number of aryl methyl sites for hydroxylation is 1. The first kappa shape index (κ1) is 21.7. The fraction of sp³-hybridized carbons (Fsp3) is 0.115. The molecule has 6 heteroatoms. The van der Waals surface area contributed by atoms with Crippen LogP contribution in [0.3, 0.4) is 0 Å². The van der Waals surface area contributed by atoms with Gasteiger partial charge in [-0.05, 0) is 35.4 Å². The number of hydrogen-bond donors (Lipinski definition) is 1. The van der Waals surface area contributed by atoms with E-state index in [9.17, 15) is 8.42 Å². The second-order valence-corrected chi connectivity index (χ2v) is 9.24.